The average Bonchev–Trinajstić information content (AvgIpc) is 2.78. The van der Waals surface area contributed by atoms with Crippen molar-refractivity contribution in [3.05, 3.63) is 75.3 Å². The molecule has 2 aromatic rings. The summed E-state index contributed by atoms with van der Waals surface area (Å²) in [5.74, 6) is -0.449. The van der Waals surface area contributed by atoms with Crippen molar-refractivity contribution in [1.29, 1.82) is 0 Å². The van der Waals surface area contributed by atoms with Crippen molar-refractivity contribution in [2.45, 2.75) is 45.6 Å². The molecule has 1 unspecified atom stereocenters. The van der Waals surface area contributed by atoms with Gasteiger partial charge < -0.3 is 9.80 Å². The molecule has 1 heterocycles. The largest absolute Gasteiger partial charge is 0.334 e. The maximum atomic E-state index is 13.2. The Morgan fingerprint density at radius 2 is 1.94 bits per heavy atom. The first-order chi connectivity index (χ1) is 14.9. The fraction of sp³-hybridized carbons (Fsp3) is 0.417. The van der Waals surface area contributed by atoms with Crippen LogP contribution < -0.4 is 0 Å². The lowest BCUT2D eigenvalue weighted by molar-refractivity contribution is -0.384. The molecular formula is C24H29N3O4. The SMILES string of the molecule is CCCCCN(CC(=O)N1CCc2ccccc2C1C)C(=O)c1cccc([N+](=O)[O-])c1. The summed E-state index contributed by atoms with van der Waals surface area (Å²) < 4.78 is 0. The minimum atomic E-state index is -0.518. The number of nitro benzene ring substituents is 1. The standard InChI is InChI=1S/C24H29N3O4/c1-3-4-7-14-25(24(29)20-10-8-11-21(16-20)27(30)31)17-23(28)26-15-13-19-9-5-6-12-22(19)18(26)2/h5-6,8-12,16,18H,3-4,7,13-15,17H2,1-2H3. The molecule has 0 N–H and O–H groups in total. The van der Waals surface area contributed by atoms with Gasteiger partial charge in [-0.1, -0.05) is 50.1 Å². The van der Waals surface area contributed by atoms with E-state index in [0.29, 0.717) is 13.1 Å². The summed E-state index contributed by atoms with van der Waals surface area (Å²) in [4.78, 5) is 40.3. The quantitative estimate of drug-likeness (QED) is 0.358. The van der Waals surface area contributed by atoms with E-state index >= 15 is 0 Å². The number of carbonyl (C=O) groups is 2. The molecule has 7 nitrogen and oxygen atoms in total. The molecule has 0 aromatic heterocycles. The molecule has 0 saturated carbocycles. The fourth-order valence-corrected chi connectivity index (χ4v) is 4.11. The van der Waals surface area contributed by atoms with Crippen LogP contribution in [0.25, 0.3) is 0 Å². The van der Waals surface area contributed by atoms with Crippen molar-refractivity contribution in [2.75, 3.05) is 19.6 Å². The Bertz CT molecular complexity index is 959. The van der Waals surface area contributed by atoms with Crippen LogP contribution in [0.15, 0.2) is 48.5 Å². The van der Waals surface area contributed by atoms with Gasteiger partial charge in [-0.15, -0.1) is 0 Å². The van der Waals surface area contributed by atoms with E-state index < -0.39 is 4.92 Å². The summed E-state index contributed by atoms with van der Waals surface area (Å²) in [7, 11) is 0. The molecule has 7 heteroatoms. The molecule has 3 rings (SSSR count). The average molecular weight is 424 g/mol. The number of nitro groups is 1. The predicted octanol–water partition coefficient (Wildman–Crippen LogP) is 4.37. The Morgan fingerprint density at radius 1 is 1.16 bits per heavy atom. The van der Waals surface area contributed by atoms with Crippen LogP contribution in [0.2, 0.25) is 0 Å². The number of non-ortho nitro benzene ring substituents is 1. The van der Waals surface area contributed by atoms with E-state index in [2.05, 4.69) is 13.0 Å². The molecule has 1 atom stereocenters. The molecule has 1 aliphatic rings. The molecule has 2 aromatic carbocycles. The van der Waals surface area contributed by atoms with E-state index in [1.807, 2.05) is 30.0 Å². The van der Waals surface area contributed by atoms with Crippen LogP contribution in [0.4, 0.5) is 5.69 Å². The Kier molecular flexibility index (Phi) is 7.39. The lowest BCUT2D eigenvalue weighted by Crippen LogP contribution is -2.46. The topological polar surface area (TPSA) is 83.8 Å². The highest BCUT2D eigenvalue weighted by Gasteiger charge is 2.29. The minimum absolute atomic E-state index is 0.0300. The Balaban J connectivity index is 1.77. The number of nitrogens with zero attached hydrogens (tertiary/aromatic N) is 3. The van der Waals surface area contributed by atoms with E-state index in [1.165, 1.54) is 28.7 Å². The monoisotopic (exact) mass is 423 g/mol. The summed E-state index contributed by atoms with van der Waals surface area (Å²) in [6, 6.07) is 13.8. The van der Waals surface area contributed by atoms with Gasteiger partial charge in [-0.05, 0) is 37.0 Å². The van der Waals surface area contributed by atoms with Gasteiger partial charge in [0.25, 0.3) is 11.6 Å². The fourth-order valence-electron chi connectivity index (χ4n) is 4.11. The van der Waals surface area contributed by atoms with Crippen molar-refractivity contribution < 1.29 is 14.5 Å². The molecular weight excluding hydrogens is 394 g/mol. The third kappa shape index (κ3) is 5.29. The number of amides is 2. The van der Waals surface area contributed by atoms with E-state index in [4.69, 9.17) is 0 Å². The number of hydrogen-bond donors (Lipinski definition) is 0. The van der Waals surface area contributed by atoms with Gasteiger partial charge >= 0.3 is 0 Å². The lowest BCUT2D eigenvalue weighted by Gasteiger charge is -2.36. The van der Waals surface area contributed by atoms with E-state index in [-0.39, 0.29) is 35.7 Å². The number of rotatable bonds is 8. The summed E-state index contributed by atoms with van der Waals surface area (Å²) in [5, 5.41) is 11.1. The van der Waals surface area contributed by atoms with Crippen LogP contribution >= 0.6 is 0 Å². The van der Waals surface area contributed by atoms with Gasteiger partial charge in [0.2, 0.25) is 5.91 Å². The highest BCUT2D eigenvalue weighted by molar-refractivity contribution is 5.97. The Morgan fingerprint density at radius 3 is 2.68 bits per heavy atom. The number of hydrogen-bond acceptors (Lipinski definition) is 4. The molecule has 164 valence electrons. The van der Waals surface area contributed by atoms with Gasteiger partial charge in [-0.25, -0.2) is 0 Å². The van der Waals surface area contributed by atoms with Gasteiger partial charge in [0.15, 0.2) is 0 Å². The third-order valence-corrected chi connectivity index (χ3v) is 5.86. The van der Waals surface area contributed by atoms with Crippen molar-refractivity contribution >= 4 is 17.5 Å². The van der Waals surface area contributed by atoms with Gasteiger partial charge in [-0.3, -0.25) is 19.7 Å². The first-order valence-electron chi connectivity index (χ1n) is 10.8. The third-order valence-electron chi connectivity index (χ3n) is 5.86. The molecule has 0 fully saturated rings. The molecule has 0 saturated heterocycles. The highest BCUT2D eigenvalue weighted by Crippen LogP contribution is 2.29. The normalized spacial score (nSPS) is 15.3. The first kappa shape index (κ1) is 22.5. The second-order valence-electron chi connectivity index (χ2n) is 7.95. The molecule has 0 radical (unpaired) electrons. The molecule has 31 heavy (non-hydrogen) atoms. The van der Waals surface area contributed by atoms with Crippen LogP contribution in [0.3, 0.4) is 0 Å². The number of fused-ring (bicyclic) bond motifs is 1. The summed E-state index contributed by atoms with van der Waals surface area (Å²) in [5.41, 5.74) is 2.50. The second-order valence-corrected chi connectivity index (χ2v) is 7.95. The van der Waals surface area contributed by atoms with Crippen LogP contribution in [-0.2, 0) is 11.2 Å². The van der Waals surface area contributed by atoms with Crippen LogP contribution in [0, 0.1) is 10.1 Å². The summed E-state index contributed by atoms with van der Waals surface area (Å²) >= 11 is 0. The van der Waals surface area contributed by atoms with E-state index in [1.54, 1.807) is 6.07 Å². The van der Waals surface area contributed by atoms with Gasteiger partial charge in [0.1, 0.15) is 6.54 Å². The van der Waals surface area contributed by atoms with Crippen molar-refractivity contribution in [2.24, 2.45) is 0 Å². The first-order valence-corrected chi connectivity index (χ1v) is 10.8. The van der Waals surface area contributed by atoms with Gasteiger partial charge in [0, 0.05) is 30.8 Å². The lowest BCUT2D eigenvalue weighted by atomic mass is 9.93. The zero-order valence-corrected chi connectivity index (χ0v) is 18.1. The maximum absolute atomic E-state index is 13.2. The highest BCUT2D eigenvalue weighted by atomic mass is 16.6. The summed E-state index contributed by atoms with van der Waals surface area (Å²) in [6.45, 7) is 5.12. The maximum Gasteiger partial charge on any atom is 0.270 e. The van der Waals surface area contributed by atoms with Crippen LogP contribution in [-0.4, -0.2) is 46.2 Å². The van der Waals surface area contributed by atoms with E-state index in [0.717, 1.165) is 31.2 Å². The minimum Gasteiger partial charge on any atom is -0.334 e. The van der Waals surface area contributed by atoms with Gasteiger partial charge in [0.05, 0.1) is 11.0 Å². The van der Waals surface area contributed by atoms with Gasteiger partial charge in [-0.2, -0.15) is 0 Å². The van der Waals surface area contributed by atoms with Crippen molar-refractivity contribution in [3.63, 3.8) is 0 Å². The zero-order valence-electron chi connectivity index (χ0n) is 18.1. The molecule has 0 aliphatic carbocycles. The van der Waals surface area contributed by atoms with Crippen LogP contribution in [0.1, 0.15) is 60.6 Å². The van der Waals surface area contributed by atoms with Crippen molar-refractivity contribution in [1.82, 2.24) is 9.80 Å². The molecule has 1 aliphatic heterocycles. The zero-order chi connectivity index (χ0) is 22.4. The van der Waals surface area contributed by atoms with Crippen LogP contribution in [0.5, 0.6) is 0 Å². The molecule has 0 spiro atoms. The molecule has 2 amide bonds. The van der Waals surface area contributed by atoms with Crippen molar-refractivity contribution in [3.8, 4) is 0 Å². The second kappa shape index (κ2) is 10.2. The Hall–Kier alpha value is -3.22. The smallest absolute Gasteiger partial charge is 0.270 e. The van der Waals surface area contributed by atoms with E-state index in [9.17, 15) is 19.7 Å². The Labute approximate surface area is 182 Å². The predicted molar refractivity (Wildman–Crippen MR) is 119 cm³/mol. The number of unbranched alkanes of at least 4 members (excludes halogenated alkanes) is 2. The number of carbonyl (C=O) groups excluding carboxylic acids is 2. The summed E-state index contributed by atoms with van der Waals surface area (Å²) in [6.07, 6.45) is 3.51. The molecule has 0 bridgehead atoms. The number of benzene rings is 2.